The quantitative estimate of drug-likeness (QED) is 0.701. The SMILES string of the molecule is COC(=O)c1cccc(CC(C)CNCC(=O)OCc2ccccc2)c1. The predicted octanol–water partition coefficient (Wildman–Crippen LogP) is 2.98. The minimum Gasteiger partial charge on any atom is -0.465 e. The number of hydrogen-bond donors (Lipinski definition) is 1. The molecule has 0 radical (unpaired) electrons. The minimum atomic E-state index is -0.334. The second-order valence-electron chi connectivity index (χ2n) is 6.28. The summed E-state index contributed by atoms with van der Waals surface area (Å²) in [6.45, 7) is 3.24. The van der Waals surface area contributed by atoms with E-state index >= 15 is 0 Å². The van der Waals surface area contributed by atoms with Crippen LogP contribution in [-0.4, -0.2) is 32.1 Å². The van der Waals surface area contributed by atoms with Crippen molar-refractivity contribution in [3.8, 4) is 0 Å². The predicted molar refractivity (Wildman–Crippen MR) is 99.8 cm³/mol. The molecule has 0 bridgehead atoms. The monoisotopic (exact) mass is 355 g/mol. The van der Waals surface area contributed by atoms with E-state index in [4.69, 9.17) is 9.47 Å². The van der Waals surface area contributed by atoms with Crippen molar-refractivity contribution in [1.82, 2.24) is 5.32 Å². The van der Waals surface area contributed by atoms with Crippen LogP contribution in [0.5, 0.6) is 0 Å². The van der Waals surface area contributed by atoms with Crippen molar-refractivity contribution in [2.75, 3.05) is 20.2 Å². The largest absolute Gasteiger partial charge is 0.465 e. The second-order valence-corrected chi connectivity index (χ2v) is 6.28. The Bertz CT molecular complexity index is 715. The number of carbonyl (C=O) groups excluding carboxylic acids is 2. The van der Waals surface area contributed by atoms with Crippen LogP contribution in [0.25, 0.3) is 0 Å². The molecule has 5 nitrogen and oxygen atoms in total. The van der Waals surface area contributed by atoms with Gasteiger partial charge in [-0.1, -0.05) is 49.4 Å². The Morgan fingerprint density at radius 1 is 1.04 bits per heavy atom. The van der Waals surface area contributed by atoms with Crippen LogP contribution in [0.3, 0.4) is 0 Å². The highest BCUT2D eigenvalue weighted by Crippen LogP contribution is 2.11. The molecule has 0 spiro atoms. The van der Waals surface area contributed by atoms with Crippen molar-refractivity contribution in [3.63, 3.8) is 0 Å². The van der Waals surface area contributed by atoms with E-state index < -0.39 is 0 Å². The normalized spacial score (nSPS) is 11.6. The van der Waals surface area contributed by atoms with E-state index in [0.29, 0.717) is 18.0 Å². The summed E-state index contributed by atoms with van der Waals surface area (Å²) in [5.74, 6) is -0.294. The van der Waals surface area contributed by atoms with Gasteiger partial charge in [-0.05, 0) is 42.1 Å². The fourth-order valence-electron chi connectivity index (χ4n) is 2.63. The first kappa shape index (κ1) is 19.7. The highest BCUT2D eigenvalue weighted by molar-refractivity contribution is 5.89. The molecule has 138 valence electrons. The zero-order chi connectivity index (χ0) is 18.8. The van der Waals surface area contributed by atoms with E-state index in [0.717, 1.165) is 17.5 Å². The van der Waals surface area contributed by atoms with Crippen molar-refractivity contribution in [3.05, 3.63) is 71.3 Å². The van der Waals surface area contributed by atoms with Gasteiger partial charge < -0.3 is 14.8 Å². The lowest BCUT2D eigenvalue weighted by molar-refractivity contribution is -0.143. The number of benzene rings is 2. The van der Waals surface area contributed by atoms with Gasteiger partial charge in [-0.15, -0.1) is 0 Å². The molecule has 0 amide bonds. The highest BCUT2D eigenvalue weighted by atomic mass is 16.5. The molecule has 0 saturated carbocycles. The Balaban J connectivity index is 1.69. The number of methoxy groups -OCH3 is 1. The van der Waals surface area contributed by atoms with Crippen LogP contribution in [-0.2, 0) is 27.3 Å². The van der Waals surface area contributed by atoms with Crippen LogP contribution in [0, 0.1) is 5.92 Å². The smallest absolute Gasteiger partial charge is 0.337 e. The van der Waals surface area contributed by atoms with Gasteiger partial charge in [0.2, 0.25) is 0 Å². The summed E-state index contributed by atoms with van der Waals surface area (Å²) >= 11 is 0. The van der Waals surface area contributed by atoms with Crippen molar-refractivity contribution in [1.29, 1.82) is 0 Å². The summed E-state index contributed by atoms with van der Waals surface area (Å²) in [4.78, 5) is 23.3. The molecule has 2 aromatic rings. The van der Waals surface area contributed by atoms with Crippen molar-refractivity contribution < 1.29 is 19.1 Å². The molecular formula is C21H25NO4. The van der Waals surface area contributed by atoms with Crippen LogP contribution in [0.4, 0.5) is 0 Å². The van der Waals surface area contributed by atoms with Crippen LogP contribution in [0.15, 0.2) is 54.6 Å². The van der Waals surface area contributed by atoms with E-state index in [1.165, 1.54) is 7.11 Å². The van der Waals surface area contributed by atoms with E-state index in [9.17, 15) is 9.59 Å². The van der Waals surface area contributed by atoms with Gasteiger partial charge >= 0.3 is 11.9 Å². The number of carbonyl (C=O) groups is 2. The van der Waals surface area contributed by atoms with Gasteiger partial charge in [0, 0.05) is 0 Å². The van der Waals surface area contributed by atoms with E-state index in [1.807, 2.05) is 48.5 Å². The molecule has 0 aliphatic heterocycles. The van der Waals surface area contributed by atoms with Gasteiger partial charge in [0.05, 0.1) is 19.2 Å². The van der Waals surface area contributed by atoms with Gasteiger partial charge in [-0.2, -0.15) is 0 Å². The fourth-order valence-corrected chi connectivity index (χ4v) is 2.63. The lowest BCUT2D eigenvalue weighted by Crippen LogP contribution is -2.29. The fraction of sp³-hybridized carbons (Fsp3) is 0.333. The molecule has 2 rings (SSSR count). The standard InChI is InChI=1S/C21H25NO4/c1-16(11-18-9-6-10-19(12-18)21(24)25-2)13-22-14-20(23)26-15-17-7-4-3-5-8-17/h3-10,12,16,22H,11,13-15H2,1-2H3. The molecule has 1 unspecified atom stereocenters. The van der Waals surface area contributed by atoms with E-state index in [1.54, 1.807) is 6.07 Å². The molecule has 0 aromatic heterocycles. The molecule has 2 aromatic carbocycles. The summed E-state index contributed by atoms with van der Waals surface area (Å²) in [5.41, 5.74) is 2.59. The Kier molecular flexibility index (Phi) is 7.83. The van der Waals surface area contributed by atoms with Crippen molar-refractivity contribution in [2.45, 2.75) is 20.0 Å². The van der Waals surface area contributed by atoms with Gasteiger partial charge in [-0.3, -0.25) is 4.79 Å². The molecule has 0 aliphatic carbocycles. The van der Waals surface area contributed by atoms with Crippen LogP contribution in [0.2, 0.25) is 0 Å². The zero-order valence-electron chi connectivity index (χ0n) is 15.2. The summed E-state index contributed by atoms with van der Waals surface area (Å²) in [6, 6.07) is 17.0. The third-order valence-electron chi connectivity index (χ3n) is 3.94. The van der Waals surface area contributed by atoms with Crippen molar-refractivity contribution in [2.24, 2.45) is 5.92 Å². The molecule has 0 fully saturated rings. The summed E-state index contributed by atoms with van der Waals surface area (Å²) in [7, 11) is 1.37. The first-order valence-electron chi connectivity index (χ1n) is 8.66. The zero-order valence-corrected chi connectivity index (χ0v) is 15.2. The van der Waals surface area contributed by atoms with Crippen molar-refractivity contribution >= 4 is 11.9 Å². The molecule has 0 aliphatic rings. The van der Waals surface area contributed by atoms with E-state index in [-0.39, 0.29) is 25.1 Å². The first-order valence-corrected chi connectivity index (χ1v) is 8.66. The maximum absolute atomic E-state index is 11.8. The average Bonchev–Trinajstić information content (AvgIpc) is 2.66. The lowest BCUT2D eigenvalue weighted by Gasteiger charge is -2.13. The van der Waals surface area contributed by atoms with Gasteiger partial charge in [0.1, 0.15) is 6.61 Å². The molecule has 26 heavy (non-hydrogen) atoms. The minimum absolute atomic E-state index is 0.180. The summed E-state index contributed by atoms with van der Waals surface area (Å²) < 4.78 is 9.97. The molecular weight excluding hydrogens is 330 g/mol. The first-order chi connectivity index (χ1) is 12.6. The maximum Gasteiger partial charge on any atom is 0.337 e. The molecule has 0 saturated heterocycles. The van der Waals surface area contributed by atoms with Crippen LogP contribution < -0.4 is 5.32 Å². The topological polar surface area (TPSA) is 64.6 Å². The van der Waals surface area contributed by atoms with Gasteiger partial charge in [0.15, 0.2) is 0 Å². The molecule has 1 atom stereocenters. The summed E-state index contributed by atoms with van der Waals surface area (Å²) in [6.07, 6.45) is 0.802. The Hall–Kier alpha value is -2.66. The Morgan fingerprint density at radius 3 is 2.50 bits per heavy atom. The highest BCUT2D eigenvalue weighted by Gasteiger charge is 2.09. The van der Waals surface area contributed by atoms with Crippen LogP contribution in [0.1, 0.15) is 28.4 Å². The number of esters is 2. The molecule has 5 heteroatoms. The number of ether oxygens (including phenoxy) is 2. The third-order valence-corrected chi connectivity index (χ3v) is 3.94. The maximum atomic E-state index is 11.8. The average molecular weight is 355 g/mol. The third kappa shape index (κ3) is 6.69. The van der Waals surface area contributed by atoms with Crippen LogP contribution >= 0.6 is 0 Å². The van der Waals surface area contributed by atoms with Gasteiger partial charge in [-0.25, -0.2) is 4.79 Å². The summed E-state index contributed by atoms with van der Waals surface area (Å²) in [5, 5.41) is 3.12. The Morgan fingerprint density at radius 2 is 1.77 bits per heavy atom. The van der Waals surface area contributed by atoms with E-state index in [2.05, 4.69) is 12.2 Å². The number of hydrogen-bond acceptors (Lipinski definition) is 5. The molecule has 1 N–H and O–H groups in total. The van der Waals surface area contributed by atoms with Gasteiger partial charge in [0.25, 0.3) is 0 Å². The number of nitrogens with one attached hydrogen (secondary N) is 1. The Labute approximate surface area is 154 Å². The lowest BCUT2D eigenvalue weighted by atomic mass is 9.99. The molecule has 0 heterocycles. The second kappa shape index (κ2) is 10.4. The number of rotatable bonds is 9.